The fraction of sp³-hybridized carbons (Fsp3) is 0.600. The van der Waals surface area contributed by atoms with Crippen LogP contribution in [0.3, 0.4) is 0 Å². The van der Waals surface area contributed by atoms with Crippen LogP contribution < -0.4 is 5.32 Å². The molecule has 2 N–H and O–H groups in total. The Bertz CT molecular complexity index is 725. The molecule has 1 saturated heterocycles. The molecule has 0 radical (unpaired) electrons. The molecule has 1 spiro atoms. The second-order valence-corrected chi connectivity index (χ2v) is 7.92. The average Bonchev–Trinajstić information content (AvgIpc) is 2.80. The molecule has 2 fully saturated rings. The highest BCUT2D eigenvalue weighted by molar-refractivity contribution is 6.07. The largest absolute Gasteiger partial charge is 0.465 e. The Balaban J connectivity index is 1.46. The predicted molar refractivity (Wildman–Crippen MR) is 99.5 cm³/mol. The van der Waals surface area contributed by atoms with Gasteiger partial charge in [0.2, 0.25) is 5.91 Å². The molecule has 0 atom stereocenters. The zero-order valence-corrected chi connectivity index (χ0v) is 15.3. The number of hydrogen-bond acceptors (Lipinski definition) is 3. The van der Waals surface area contributed by atoms with Gasteiger partial charge >= 0.3 is 6.09 Å². The number of anilines is 1. The molecule has 0 bridgehead atoms. The van der Waals surface area contributed by atoms with E-state index in [-0.39, 0.29) is 11.3 Å². The van der Waals surface area contributed by atoms with Crippen molar-refractivity contribution in [3.05, 3.63) is 29.3 Å². The third-order valence-corrected chi connectivity index (χ3v) is 6.59. The molecule has 4 rings (SSSR count). The highest BCUT2D eigenvalue weighted by Gasteiger charge is 2.49. The number of para-hydroxylation sites is 1. The van der Waals surface area contributed by atoms with Gasteiger partial charge in [-0.1, -0.05) is 18.2 Å². The van der Waals surface area contributed by atoms with Gasteiger partial charge in [0.25, 0.3) is 0 Å². The zero-order valence-electron chi connectivity index (χ0n) is 15.3. The topological polar surface area (TPSA) is 72.9 Å². The summed E-state index contributed by atoms with van der Waals surface area (Å²) < 4.78 is 0. The maximum atomic E-state index is 12.8. The van der Waals surface area contributed by atoms with Gasteiger partial charge < -0.3 is 15.3 Å². The average molecular weight is 357 g/mol. The van der Waals surface area contributed by atoms with Crippen molar-refractivity contribution in [2.24, 2.45) is 0 Å². The van der Waals surface area contributed by atoms with Crippen molar-refractivity contribution in [3.63, 3.8) is 0 Å². The van der Waals surface area contributed by atoms with Crippen LogP contribution in [-0.4, -0.2) is 59.1 Å². The van der Waals surface area contributed by atoms with E-state index in [0.717, 1.165) is 56.4 Å². The highest BCUT2D eigenvalue weighted by atomic mass is 16.4. The van der Waals surface area contributed by atoms with Crippen LogP contribution in [-0.2, 0) is 10.2 Å². The maximum absolute atomic E-state index is 12.8. The summed E-state index contributed by atoms with van der Waals surface area (Å²) in [5, 5.41) is 12.3. The fourth-order valence-electron chi connectivity index (χ4n) is 5.04. The van der Waals surface area contributed by atoms with Crippen LogP contribution in [0.1, 0.15) is 43.2 Å². The van der Waals surface area contributed by atoms with Crippen molar-refractivity contribution in [1.82, 2.24) is 9.80 Å². The van der Waals surface area contributed by atoms with E-state index >= 15 is 0 Å². The van der Waals surface area contributed by atoms with Crippen LogP contribution in [0.25, 0.3) is 0 Å². The molecule has 6 heteroatoms. The van der Waals surface area contributed by atoms with E-state index in [2.05, 4.69) is 35.3 Å². The number of aryl methyl sites for hydroxylation is 1. The molecular formula is C20H27N3O3. The minimum absolute atomic E-state index is 0.160. The summed E-state index contributed by atoms with van der Waals surface area (Å²) in [5.74, 6) is 0.160. The van der Waals surface area contributed by atoms with Crippen molar-refractivity contribution in [2.75, 3.05) is 31.5 Å². The van der Waals surface area contributed by atoms with Crippen molar-refractivity contribution >= 4 is 17.7 Å². The van der Waals surface area contributed by atoms with Gasteiger partial charge in [-0.3, -0.25) is 9.69 Å². The molecule has 2 aliphatic heterocycles. The monoisotopic (exact) mass is 357 g/mol. The van der Waals surface area contributed by atoms with E-state index in [1.807, 2.05) is 0 Å². The van der Waals surface area contributed by atoms with Gasteiger partial charge in [0.15, 0.2) is 0 Å². The van der Waals surface area contributed by atoms with E-state index in [9.17, 15) is 14.7 Å². The number of carboxylic acid groups (broad SMARTS) is 1. The van der Waals surface area contributed by atoms with Crippen LogP contribution in [0.15, 0.2) is 18.2 Å². The molecular weight excluding hydrogens is 330 g/mol. The predicted octanol–water partition coefficient (Wildman–Crippen LogP) is 2.81. The molecule has 26 heavy (non-hydrogen) atoms. The maximum Gasteiger partial charge on any atom is 0.407 e. The van der Waals surface area contributed by atoms with Crippen LogP contribution in [0.2, 0.25) is 0 Å². The van der Waals surface area contributed by atoms with Crippen molar-refractivity contribution < 1.29 is 14.7 Å². The molecule has 1 aromatic rings. The second kappa shape index (κ2) is 6.58. The Morgan fingerprint density at radius 3 is 2.69 bits per heavy atom. The molecule has 140 valence electrons. The van der Waals surface area contributed by atoms with E-state index < -0.39 is 6.09 Å². The molecule has 2 amide bonds. The van der Waals surface area contributed by atoms with Crippen molar-refractivity contribution in [1.29, 1.82) is 0 Å². The van der Waals surface area contributed by atoms with Crippen LogP contribution in [0.5, 0.6) is 0 Å². The van der Waals surface area contributed by atoms with Gasteiger partial charge in [-0.15, -0.1) is 0 Å². The van der Waals surface area contributed by atoms with Crippen molar-refractivity contribution in [2.45, 2.75) is 50.5 Å². The third-order valence-electron chi connectivity index (χ3n) is 6.59. The fourth-order valence-corrected chi connectivity index (χ4v) is 5.04. The van der Waals surface area contributed by atoms with E-state index in [1.165, 1.54) is 10.5 Å². The minimum atomic E-state index is -0.816. The van der Waals surface area contributed by atoms with Gasteiger partial charge in [0, 0.05) is 37.9 Å². The quantitative estimate of drug-likeness (QED) is 0.811. The lowest BCUT2D eigenvalue weighted by Gasteiger charge is -2.40. The summed E-state index contributed by atoms with van der Waals surface area (Å²) in [6.07, 6.45) is 3.81. The summed E-state index contributed by atoms with van der Waals surface area (Å²) in [5.41, 5.74) is 2.96. The number of benzene rings is 1. The number of amides is 2. The lowest BCUT2D eigenvalue weighted by Crippen LogP contribution is -2.46. The molecule has 6 nitrogen and oxygen atoms in total. The Morgan fingerprint density at radius 1 is 1.19 bits per heavy atom. The zero-order chi connectivity index (χ0) is 18.3. The van der Waals surface area contributed by atoms with Gasteiger partial charge in [-0.2, -0.15) is 0 Å². The first-order chi connectivity index (χ1) is 12.5. The number of nitrogens with zero attached hydrogens (tertiary/aromatic N) is 2. The Kier molecular flexibility index (Phi) is 4.39. The number of fused-ring (bicyclic) bond motifs is 2. The number of carbonyl (C=O) groups excluding carboxylic acids is 1. The molecule has 2 heterocycles. The lowest BCUT2D eigenvalue weighted by molar-refractivity contribution is -0.122. The van der Waals surface area contributed by atoms with Crippen LogP contribution >= 0.6 is 0 Å². The Hall–Kier alpha value is -2.08. The molecule has 0 unspecified atom stereocenters. The number of hydrogen-bond donors (Lipinski definition) is 2. The second-order valence-electron chi connectivity index (χ2n) is 7.92. The number of carbonyl (C=O) groups is 2. The Labute approximate surface area is 154 Å². The van der Waals surface area contributed by atoms with Gasteiger partial charge in [0.1, 0.15) is 0 Å². The lowest BCUT2D eigenvalue weighted by atomic mass is 9.68. The molecule has 1 aromatic carbocycles. The van der Waals surface area contributed by atoms with Gasteiger partial charge in [0.05, 0.1) is 5.41 Å². The number of nitrogens with one attached hydrogen (secondary N) is 1. The SMILES string of the molecule is Cc1cccc2c1NC(=O)C21CCC(N2CCCN(C(=O)O)CC2)CC1. The molecule has 3 aliphatic rings. The highest BCUT2D eigenvalue weighted by Crippen LogP contribution is 2.49. The van der Waals surface area contributed by atoms with E-state index in [0.29, 0.717) is 19.1 Å². The molecule has 1 aliphatic carbocycles. The summed E-state index contributed by atoms with van der Waals surface area (Å²) in [7, 11) is 0. The summed E-state index contributed by atoms with van der Waals surface area (Å²) >= 11 is 0. The molecule has 1 saturated carbocycles. The van der Waals surface area contributed by atoms with Crippen molar-refractivity contribution in [3.8, 4) is 0 Å². The Morgan fingerprint density at radius 2 is 1.96 bits per heavy atom. The van der Waals surface area contributed by atoms with E-state index in [1.54, 1.807) is 0 Å². The first kappa shape index (κ1) is 17.3. The minimum Gasteiger partial charge on any atom is -0.465 e. The van der Waals surface area contributed by atoms with Gasteiger partial charge in [-0.25, -0.2) is 4.79 Å². The standard InChI is InChI=1S/C20H27N3O3/c1-14-4-2-5-16-17(14)21-18(24)20(16)8-6-15(7-9-20)22-10-3-11-23(13-12-22)19(25)26/h2,4-5,15H,3,6-13H2,1H3,(H,21,24)(H,25,26). The first-order valence-corrected chi connectivity index (χ1v) is 9.65. The first-order valence-electron chi connectivity index (χ1n) is 9.65. The summed E-state index contributed by atoms with van der Waals surface area (Å²) in [4.78, 5) is 28.0. The summed E-state index contributed by atoms with van der Waals surface area (Å²) in [6.45, 7) is 5.00. The van der Waals surface area contributed by atoms with Crippen LogP contribution in [0.4, 0.5) is 10.5 Å². The smallest absolute Gasteiger partial charge is 0.407 e. The molecule has 0 aromatic heterocycles. The number of rotatable bonds is 1. The normalized spacial score (nSPS) is 29.3. The van der Waals surface area contributed by atoms with Crippen LogP contribution in [0, 0.1) is 6.92 Å². The summed E-state index contributed by atoms with van der Waals surface area (Å²) in [6, 6.07) is 6.67. The third kappa shape index (κ3) is 2.76. The van der Waals surface area contributed by atoms with E-state index in [4.69, 9.17) is 0 Å². The van der Waals surface area contributed by atoms with Gasteiger partial charge in [-0.05, 0) is 50.2 Å².